The van der Waals surface area contributed by atoms with Crippen molar-refractivity contribution in [1.82, 2.24) is 14.8 Å². The number of nitrogens with zero attached hydrogens (tertiary/aromatic N) is 3. The third-order valence-corrected chi connectivity index (χ3v) is 3.20. The van der Waals surface area contributed by atoms with Crippen LogP contribution in [0.25, 0.3) is 0 Å². The Kier molecular flexibility index (Phi) is 4.18. The molecule has 114 valence electrons. The molecule has 9 nitrogen and oxygen atoms in total. The molecule has 0 aliphatic carbocycles. The summed E-state index contributed by atoms with van der Waals surface area (Å²) in [6, 6.07) is 0. The first-order valence-electron chi connectivity index (χ1n) is 5.89. The molecule has 0 saturated carbocycles. The zero-order valence-corrected chi connectivity index (χ0v) is 11.6. The number of hydrogen-bond acceptors (Lipinski definition) is 8. The molecule has 0 aromatic carbocycles. The quantitative estimate of drug-likeness (QED) is 0.450. The van der Waals surface area contributed by atoms with Gasteiger partial charge < -0.3 is 25.8 Å². The molecule has 2 heterocycles. The topological polar surface area (TPSA) is 144 Å². The van der Waals surface area contributed by atoms with Crippen LogP contribution < -0.4 is 11.4 Å². The molecule has 1 fully saturated rings. The number of rotatable bonds is 2. The Morgan fingerprint density at radius 1 is 1.67 bits per heavy atom. The van der Waals surface area contributed by atoms with E-state index in [1.165, 1.54) is 6.92 Å². The van der Waals surface area contributed by atoms with Crippen LogP contribution >= 0.6 is 11.6 Å². The van der Waals surface area contributed by atoms with E-state index < -0.39 is 35.8 Å². The molecule has 5 atom stereocenters. The molecule has 0 spiro atoms. The lowest BCUT2D eigenvalue weighted by molar-refractivity contribution is -0.0945. The van der Waals surface area contributed by atoms with E-state index in [0.717, 1.165) is 6.20 Å². The van der Waals surface area contributed by atoms with Gasteiger partial charge in [-0.3, -0.25) is 0 Å². The first-order chi connectivity index (χ1) is 9.81. The first-order valence-corrected chi connectivity index (χ1v) is 6.27. The number of aliphatic hydroxyl groups is 3. The first kappa shape index (κ1) is 15.7. The van der Waals surface area contributed by atoms with Crippen molar-refractivity contribution in [3.63, 3.8) is 0 Å². The molecule has 1 aliphatic rings. The predicted octanol–water partition coefficient (Wildman–Crippen LogP) is -2.21. The fraction of sp³-hybridized carbons (Fsp3) is 0.545. The van der Waals surface area contributed by atoms with E-state index in [-0.39, 0.29) is 5.82 Å². The highest BCUT2D eigenvalue weighted by Crippen LogP contribution is 2.38. The molecule has 21 heavy (non-hydrogen) atoms. The molecule has 5 N–H and O–H groups in total. The Labute approximate surface area is 123 Å². The van der Waals surface area contributed by atoms with Crippen LogP contribution in [0.5, 0.6) is 0 Å². The molecule has 1 aromatic heterocycles. The normalized spacial score (nSPS) is 33.3. The minimum atomic E-state index is -2.24. The van der Waals surface area contributed by atoms with Crippen LogP contribution in [0.2, 0.25) is 0 Å². The van der Waals surface area contributed by atoms with E-state index in [0.29, 0.717) is 4.68 Å². The fourth-order valence-electron chi connectivity index (χ4n) is 2.08. The van der Waals surface area contributed by atoms with Gasteiger partial charge in [0, 0.05) is 5.38 Å². The summed E-state index contributed by atoms with van der Waals surface area (Å²) in [5.41, 5.74) is 2.18. The second kappa shape index (κ2) is 5.59. The molecule has 1 aliphatic heterocycles. The van der Waals surface area contributed by atoms with Gasteiger partial charge in [0.15, 0.2) is 6.23 Å². The molecule has 0 bridgehead atoms. The van der Waals surface area contributed by atoms with Crippen LogP contribution in [0.4, 0.5) is 5.82 Å². The van der Waals surface area contributed by atoms with E-state index in [2.05, 4.69) is 16.0 Å². The monoisotopic (exact) mass is 316 g/mol. The highest BCUT2D eigenvalue weighted by Gasteiger charge is 2.58. The van der Waals surface area contributed by atoms with Gasteiger partial charge in [-0.15, -0.1) is 0 Å². The Morgan fingerprint density at radius 2 is 2.33 bits per heavy atom. The average Bonchev–Trinajstić information content (AvgIpc) is 2.64. The van der Waals surface area contributed by atoms with Crippen molar-refractivity contribution in [3.05, 3.63) is 16.7 Å². The second-order valence-electron chi connectivity index (χ2n) is 4.59. The summed E-state index contributed by atoms with van der Waals surface area (Å²) < 4.78 is 5.99. The molecule has 1 unspecified atom stereocenters. The van der Waals surface area contributed by atoms with Crippen molar-refractivity contribution >= 4 is 17.4 Å². The molecular weight excluding hydrogens is 304 g/mol. The van der Waals surface area contributed by atoms with Gasteiger partial charge in [-0.1, -0.05) is 0 Å². The predicted molar refractivity (Wildman–Crippen MR) is 70.9 cm³/mol. The standard InChI is InChI=1S/C11H13ClN4O5/c1-5(17)7-8(18)11(20,2-3-12)9(21-7)16-10(19)15-6(13)4-14-16/h4-5,7-9,17-18,20H,1H3,(H2,13,15,19)/t5-,7-,8+,9-,11?/m1/s1. The number of aromatic nitrogens is 3. The van der Waals surface area contributed by atoms with Crippen molar-refractivity contribution in [2.24, 2.45) is 0 Å². The van der Waals surface area contributed by atoms with Crippen LogP contribution in [0.3, 0.4) is 0 Å². The summed E-state index contributed by atoms with van der Waals surface area (Å²) in [5, 5.41) is 35.8. The Hall–Kier alpha value is -1.70. The maximum absolute atomic E-state index is 11.8. The number of nitrogens with two attached hydrogens (primary N) is 1. The number of ether oxygens (including phenoxy) is 1. The van der Waals surface area contributed by atoms with Crippen LogP contribution in [0.1, 0.15) is 13.2 Å². The van der Waals surface area contributed by atoms with Crippen LogP contribution in [0.15, 0.2) is 11.0 Å². The Morgan fingerprint density at radius 3 is 2.86 bits per heavy atom. The smallest absolute Gasteiger partial charge is 0.368 e. The number of aliphatic hydroxyl groups excluding tert-OH is 2. The highest BCUT2D eigenvalue weighted by molar-refractivity contribution is 6.30. The van der Waals surface area contributed by atoms with Gasteiger partial charge in [0.05, 0.1) is 12.3 Å². The molecule has 2 rings (SSSR count). The molecule has 1 aromatic rings. The number of nitrogen functional groups attached to an aromatic ring is 1. The zero-order valence-electron chi connectivity index (χ0n) is 10.8. The number of anilines is 1. The SMILES string of the molecule is C[C@@H](O)[C@H]1O[C@@H](n2ncc(N)nc2=O)C(O)(C#CCl)[C@H]1O. The zero-order chi connectivity index (χ0) is 15.8. The van der Waals surface area contributed by atoms with Crippen LogP contribution in [-0.4, -0.2) is 54.0 Å². The fourth-order valence-corrected chi connectivity index (χ4v) is 2.23. The van der Waals surface area contributed by atoms with Crippen molar-refractivity contribution in [3.8, 4) is 11.3 Å². The maximum Gasteiger partial charge on any atom is 0.368 e. The Balaban J connectivity index is 2.54. The van der Waals surface area contributed by atoms with Crippen LogP contribution in [0, 0.1) is 11.3 Å². The third kappa shape index (κ3) is 2.59. The summed E-state index contributed by atoms with van der Waals surface area (Å²) in [7, 11) is 0. The van der Waals surface area contributed by atoms with E-state index in [1.807, 2.05) is 5.38 Å². The summed E-state index contributed by atoms with van der Waals surface area (Å²) in [4.78, 5) is 15.2. The molecule has 0 amide bonds. The highest BCUT2D eigenvalue weighted by atomic mass is 35.5. The lowest BCUT2D eigenvalue weighted by Crippen LogP contribution is -2.49. The largest absolute Gasteiger partial charge is 0.391 e. The van der Waals surface area contributed by atoms with Gasteiger partial charge in [-0.05, 0) is 24.4 Å². The summed E-state index contributed by atoms with van der Waals surface area (Å²) in [6.45, 7) is 1.35. The van der Waals surface area contributed by atoms with Crippen molar-refractivity contribution in [1.29, 1.82) is 0 Å². The summed E-state index contributed by atoms with van der Waals surface area (Å²) >= 11 is 5.29. The van der Waals surface area contributed by atoms with Gasteiger partial charge in [-0.25, -0.2) is 4.79 Å². The molecule has 0 radical (unpaired) electrons. The lowest BCUT2D eigenvalue weighted by Gasteiger charge is -2.25. The van der Waals surface area contributed by atoms with Gasteiger partial charge in [0.1, 0.15) is 18.0 Å². The van der Waals surface area contributed by atoms with Gasteiger partial charge >= 0.3 is 5.69 Å². The van der Waals surface area contributed by atoms with E-state index >= 15 is 0 Å². The van der Waals surface area contributed by atoms with Gasteiger partial charge in [-0.2, -0.15) is 14.8 Å². The third-order valence-electron chi connectivity index (χ3n) is 3.10. The van der Waals surface area contributed by atoms with E-state index in [1.54, 1.807) is 0 Å². The lowest BCUT2D eigenvalue weighted by atomic mass is 9.93. The van der Waals surface area contributed by atoms with E-state index in [4.69, 9.17) is 22.1 Å². The van der Waals surface area contributed by atoms with Crippen molar-refractivity contribution in [2.45, 2.75) is 37.1 Å². The second-order valence-corrected chi connectivity index (χ2v) is 4.78. The number of hydrogen-bond donors (Lipinski definition) is 4. The minimum Gasteiger partial charge on any atom is -0.391 e. The van der Waals surface area contributed by atoms with E-state index in [9.17, 15) is 20.1 Å². The number of halogens is 1. The van der Waals surface area contributed by atoms with Gasteiger partial charge in [0.2, 0.25) is 5.60 Å². The minimum absolute atomic E-state index is 0.117. The van der Waals surface area contributed by atoms with Gasteiger partial charge in [0.25, 0.3) is 0 Å². The summed E-state index contributed by atoms with van der Waals surface area (Å²) in [6.07, 6.45) is -4.37. The Bertz CT molecular complexity index is 654. The average molecular weight is 317 g/mol. The van der Waals surface area contributed by atoms with Crippen molar-refractivity contribution < 1.29 is 20.1 Å². The molecule has 1 saturated heterocycles. The van der Waals surface area contributed by atoms with Crippen molar-refractivity contribution in [2.75, 3.05) is 5.73 Å². The maximum atomic E-state index is 11.8. The van der Waals surface area contributed by atoms with Crippen LogP contribution in [-0.2, 0) is 4.74 Å². The molecular formula is C11H13ClN4O5. The molecule has 10 heteroatoms. The summed E-state index contributed by atoms with van der Waals surface area (Å²) in [5.74, 6) is 2.06.